The smallest absolute Gasteiger partial charge is 0.376 e. The highest BCUT2D eigenvalue weighted by molar-refractivity contribution is 5.87. The lowest BCUT2D eigenvalue weighted by Gasteiger charge is -2.04. The average molecular weight is 243 g/mol. The number of rotatable bonds is 2. The van der Waals surface area contributed by atoms with E-state index in [2.05, 4.69) is 16.0 Å². The lowest BCUT2D eigenvalue weighted by Crippen LogP contribution is -1.98. The normalized spacial score (nSPS) is 13.4. The molecule has 1 heterocycles. The van der Waals surface area contributed by atoms with Crippen LogP contribution in [0, 0.1) is 0 Å². The molecule has 1 aromatic carbocycles. The van der Waals surface area contributed by atoms with Crippen molar-refractivity contribution in [1.82, 2.24) is 5.16 Å². The van der Waals surface area contributed by atoms with Crippen LogP contribution in [0.15, 0.2) is 28.8 Å². The van der Waals surface area contributed by atoms with Crippen molar-refractivity contribution in [2.75, 3.05) is 7.11 Å². The summed E-state index contributed by atoms with van der Waals surface area (Å²) in [4.78, 5) is 11.3. The molecule has 4 heteroatoms. The quantitative estimate of drug-likeness (QED) is 0.761. The third kappa shape index (κ3) is 1.70. The molecule has 0 saturated heterocycles. The van der Waals surface area contributed by atoms with E-state index >= 15 is 0 Å². The van der Waals surface area contributed by atoms with Crippen molar-refractivity contribution in [3.8, 4) is 11.3 Å². The molecule has 0 amide bonds. The van der Waals surface area contributed by atoms with E-state index in [1.807, 2.05) is 12.1 Å². The minimum Gasteiger partial charge on any atom is -0.463 e. The van der Waals surface area contributed by atoms with Gasteiger partial charge in [0.1, 0.15) is 5.69 Å². The number of aryl methyl sites for hydroxylation is 1. The van der Waals surface area contributed by atoms with Crippen LogP contribution in [0.2, 0.25) is 0 Å². The van der Waals surface area contributed by atoms with Crippen LogP contribution in [0.1, 0.15) is 28.1 Å². The summed E-state index contributed by atoms with van der Waals surface area (Å²) in [5, 5.41) is 3.96. The zero-order valence-corrected chi connectivity index (χ0v) is 10.1. The largest absolute Gasteiger partial charge is 0.463 e. The Labute approximate surface area is 105 Å². The van der Waals surface area contributed by atoms with Gasteiger partial charge in [0.05, 0.1) is 7.11 Å². The maximum absolute atomic E-state index is 11.3. The van der Waals surface area contributed by atoms with Gasteiger partial charge in [0, 0.05) is 11.6 Å². The first-order valence-corrected chi connectivity index (χ1v) is 5.96. The molecular formula is C14H13NO3. The average Bonchev–Trinajstić information content (AvgIpc) is 3.05. The molecular weight excluding hydrogens is 230 g/mol. The lowest BCUT2D eigenvalue weighted by molar-refractivity contribution is 0.0554. The van der Waals surface area contributed by atoms with Crippen LogP contribution in [-0.4, -0.2) is 18.2 Å². The van der Waals surface area contributed by atoms with Gasteiger partial charge in [-0.3, -0.25) is 0 Å². The minimum absolute atomic E-state index is 0.142. The highest BCUT2D eigenvalue weighted by atomic mass is 16.5. The summed E-state index contributed by atoms with van der Waals surface area (Å²) in [6, 6.07) is 7.82. The highest BCUT2D eigenvalue weighted by Crippen LogP contribution is 2.32. The van der Waals surface area contributed by atoms with E-state index in [0.717, 1.165) is 18.4 Å². The molecule has 0 radical (unpaired) electrons. The van der Waals surface area contributed by atoms with Crippen molar-refractivity contribution < 1.29 is 14.1 Å². The van der Waals surface area contributed by atoms with E-state index in [9.17, 15) is 4.79 Å². The van der Waals surface area contributed by atoms with E-state index in [1.165, 1.54) is 24.7 Å². The fourth-order valence-electron chi connectivity index (χ4n) is 2.46. The summed E-state index contributed by atoms with van der Waals surface area (Å²) in [5.74, 6) is -0.357. The number of ether oxygens (including phenoxy) is 1. The molecule has 1 aromatic heterocycles. The zero-order valence-electron chi connectivity index (χ0n) is 10.1. The summed E-state index contributed by atoms with van der Waals surface area (Å²) in [6.45, 7) is 0. The van der Waals surface area contributed by atoms with Crippen LogP contribution in [0.25, 0.3) is 11.3 Å². The van der Waals surface area contributed by atoms with Crippen molar-refractivity contribution in [2.24, 2.45) is 0 Å². The van der Waals surface area contributed by atoms with E-state index in [0.29, 0.717) is 5.69 Å². The lowest BCUT2D eigenvalue weighted by atomic mass is 10.0. The van der Waals surface area contributed by atoms with Gasteiger partial charge in [-0.1, -0.05) is 23.4 Å². The van der Waals surface area contributed by atoms with Crippen LogP contribution in [0.3, 0.4) is 0 Å². The van der Waals surface area contributed by atoms with Crippen molar-refractivity contribution in [1.29, 1.82) is 0 Å². The van der Waals surface area contributed by atoms with Crippen molar-refractivity contribution in [2.45, 2.75) is 19.3 Å². The van der Waals surface area contributed by atoms with Crippen molar-refractivity contribution >= 4 is 5.97 Å². The molecule has 2 aromatic rings. The molecule has 0 spiro atoms. The summed E-state index contributed by atoms with van der Waals surface area (Å²) in [7, 11) is 1.32. The maximum atomic E-state index is 11.3. The van der Waals surface area contributed by atoms with Crippen LogP contribution >= 0.6 is 0 Å². The number of aromatic nitrogens is 1. The minimum atomic E-state index is -0.499. The number of methoxy groups -OCH3 is 1. The Morgan fingerprint density at radius 2 is 2.28 bits per heavy atom. The standard InChI is InChI=1S/C14H13NO3/c1-17-14(16)13-8-12(15-18-13)11-7-3-5-9-4-2-6-10(9)11/h3,5,7-8H,2,4,6H2,1H3. The van der Waals surface area contributed by atoms with Gasteiger partial charge in [0.2, 0.25) is 5.76 Å². The predicted molar refractivity (Wildman–Crippen MR) is 65.3 cm³/mol. The van der Waals surface area contributed by atoms with Crippen LogP contribution in [0.5, 0.6) is 0 Å². The second-order valence-electron chi connectivity index (χ2n) is 4.36. The molecule has 0 N–H and O–H groups in total. The fraction of sp³-hybridized carbons (Fsp3) is 0.286. The third-order valence-electron chi connectivity index (χ3n) is 3.32. The Morgan fingerprint density at radius 3 is 3.11 bits per heavy atom. The molecule has 0 saturated carbocycles. The van der Waals surface area contributed by atoms with E-state index in [4.69, 9.17) is 4.52 Å². The van der Waals surface area contributed by atoms with Gasteiger partial charge in [-0.2, -0.15) is 0 Å². The first kappa shape index (κ1) is 11.0. The Kier molecular flexibility index (Phi) is 2.63. The van der Waals surface area contributed by atoms with Crippen LogP contribution in [-0.2, 0) is 17.6 Å². The molecule has 0 unspecified atom stereocenters. The third-order valence-corrected chi connectivity index (χ3v) is 3.32. The second-order valence-corrected chi connectivity index (χ2v) is 4.36. The van der Waals surface area contributed by atoms with Crippen LogP contribution in [0.4, 0.5) is 0 Å². The second kappa shape index (κ2) is 4.29. The van der Waals surface area contributed by atoms with Crippen molar-refractivity contribution in [3.05, 3.63) is 41.2 Å². The number of nitrogens with zero attached hydrogens (tertiary/aromatic N) is 1. The number of carbonyl (C=O) groups excluding carboxylic acids is 1. The molecule has 0 fully saturated rings. The van der Waals surface area contributed by atoms with Gasteiger partial charge in [-0.05, 0) is 30.4 Å². The summed E-state index contributed by atoms with van der Waals surface area (Å²) < 4.78 is 9.61. The molecule has 92 valence electrons. The van der Waals surface area contributed by atoms with Crippen molar-refractivity contribution in [3.63, 3.8) is 0 Å². The number of hydrogen-bond acceptors (Lipinski definition) is 4. The number of carbonyl (C=O) groups is 1. The highest BCUT2D eigenvalue weighted by Gasteiger charge is 2.19. The first-order chi connectivity index (χ1) is 8.79. The van der Waals surface area contributed by atoms with Crippen LogP contribution < -0.4 is 0 Å². The Hall–Kier alpha value is -2.10. The van der Waals surface area contributed by atoms with Gasteiger partial charge in [0.25, 0.3) is 0 Å². The van der Waals surface area contributed by atoms with Gasteiger partial charge in [-0.25, -0.2) is 4.79 Å². The summed E-state index contributed by atoms with van der Waals surface area (Å²) >= 11 is 0. The number of benzene rings is 1. The number of esters is 1. The van der Waals surface area contributed by atoms with Gasteiger partial charge in [0.15, 0.2) is 0 Å². The fourth-order valence-corrected chi connectivity index (χ4v) is 2.46. The molecule has 1 aliphatic carbocycles. The molecule has 4 nitrogen and oxygen atoms in total. The SMILES string of the molecule is COC(=O)c1cc(-c2cccc3c2CCC3)no1. The molecule has 1 aliphatic rings. The van der Waals surface area contributed by atoms with E-state index < -0.39 is 5.97 Å². The Bertz CT molecular complexity index is 601. The van der Waals surface area contributed by atoms with E-state index in [1.54, 1.807) is 6.07 Å². The predicted octanol–water partition coefficient (Wildman–Crippen LogP) is 2.62. The molecule has 18 heavy (non-hydrogen) atoms. The Morgan fingerprint density at radius 1 is 1.39 bits per heavy atom. The molecule has 0 atom stereocenters. The first-order valence-electron chi connectivity index (χ1n) is 5.96. The van der Waals surface area contributed by atoms with Gasteiger partial charge >= 0.3 is 5.97 Å². The molecule has 3 rings (SSSR count). The number of fused-ring (bicyclic) bond motifs is 1. The maximum Gasteiger partial charge on any atom is 0.376 e. The Balaban J connectivity index is 2.03. The zero-order chi connectivity index (χ0) is 12.5. The topological polar surface area (TPSA) is 52.3 Å². The molecule has 0 aliphatic heterocycles. The van der Waals surface area contributed by atoms with E-state index in [-0.39, 0.29) is 5.76 Å². The van der Waals surface area contributed by atoms with Gasteiger partial charge in [-0.15, -0.1) is 0 Å². The number of hydrogen-bond donors (Lipinski definition) is 0. The monoisotopic (exact) mass is 243 g/mol. The summed E-state index contributed by atoms with van der Waals surface area (Å²) in [6.07, 6.45) is 3.35. The summed E-state index contributed by atoms with van der Waals surface area (Å²) in [5.41, 5.74) is 4.45. The molecule has 0 bridgehead atoms. The van der Waals surface area contributed by atoms with Gasteiger partial charge < -0.3 is 9.26 Å².